The van der Waals surface area contributed by atoms with E-state index in [9.17, 15) is 19.5 Å². The molecule has 1 unspecified atom stereocenters. The SMILES string of the molecule is O=C1CC(c2ccccc2)CC(=O)C1=CNC(Cc1ccccc1)C(=O)O. The molecule has 2 aromatic carbocycles. The van der Waals surface area contributed by atoms with E-state index in [-0.39, 0.29) is 42.3 Å². The third-order valence-corrected chi connectivity index (χ3v) is 4.74. The van der Waals surface area contributed by atoms with Gasteiger partial charge >= 0.3 is 5.97 Å². The van der Waals surface area contributed by atoms with Crippen molar-refractivity contribution in [3.63, 3.8) is 0 Å². The standard InChI is InChI=1S/C22H21NO4/c24-20-12-17(16-9-5-2-6-10-16)13-21(25)18(20)14-23-19(22(26)27)11-15-7-3-1-4-8-15/h1-10,14,17,19,23H,11-13H2,(H,26,27). The molecule has 138 valence electrons. The van der Waals surface area contributed by atoms with Gasteiger partial charge in [0.15, 0.2) is 11.6 Å². The van der Waals surface area contributed by atoms with E-state index in [2.05, 4.69) is 5.32 Å². The molecule has 0 aromatic heterocycles. The first-order valence-corrected chi connectivity index (χ1v) is 8.89. The summed E-state index contributed by atoms with van der Waals surface area (Å²) in [6.45, 7) is 0. The van der Waals surface area contributed by atoms with Crippen molar-refractivity contribution in [3.8, 4) is 0 Å². The van der Waals surface area contributed by atoms with Gasteiger partial charge in [-0.25, -0.2) is 4.79 Å². The minimum absolute atomic E-state index is 0.0569. The Kier molecular flexibility index (Phi) is 5.81. The van der Waals surface area contributed by atoms with Crippen LogP contribution in [0.1, 0.15) is 29.9 Å². The molecule has 1 aliphatic rings. The van der Waals surface area contributed by atoms with E-state index in [1.165, 1.54) is 6.20 Å². The fraction of sp³-hybridized carbons (Fsp3) is 0.227. The van der Waals surface area contributed by atoms with Gasteiger partial charge in [-0.2, -0.15) is 0 Å². The van der Waals surface area contributed by atoms with E-state index >= 15 is 0 Å². The van der Waals surface area contributed by atoms with Crippen LogP contribution in [0.3, 0.4) is 0 Å². The predicted octanol–water partition coefficient (Wildman–Crippen LogP) is 2.87. The molecule has 27 heavy (non-hydrogen) atoms. The van der Waals surface area contributed by atoms with Gasteiger partial charge in [-0.15, -0.1) is 0 Å². The second kappa shape index (κ2) is 8.45. The fourth-order valence-electron chi connectivity index (χ4n) is 3.27. The highest BCUT2D eigenvalue weighted by Crippen LogP contribution is 2.31. The number of aliphatic carboxylic acids is 1. The van der Waals surface area contributed by atoms with Crippen molar-refractivity contribution in [1.29, 1.82) is 0 Å². The van der Waals surface area contributed by atoms with Crippen molar-refractivity contribution in [2.24, 2.45) is 0 Å². The van der Waals surface area contributed by atoms with Crippen LogP contribution >= 0.6 is 0 Å². The van der Waals surface area contributed by atoms with E-state index < -0.39 is 12.0 Å². The molecule has 0 bridgehead atoms. The summed E-state index contributed by atoms with van der Waals surface area (Å²) in [7, 11) is 0. The normalized spacial score (nSPS) is 18.1. The topological polar surface area (TPSA) is 83.5 Å². The van der Waals surface area contributed by atoms with Gasteiger partial charge in [0.05, 0.1) is 5.57 Å². The van der Waals surface area contributed by atoms with Crippen molar-refractivity contribution in [3.05, 3.63) is 83.6 Å². The number of rotatable bonds is 6. The minimum Gasteiger partial charge on any atom is -0.480 e. The number of benzene rings is 2. The molecule has 0 aliphatic heterocycles. The molecule has 2 N–H and O–H groups in total. The summed E-state index contributed by atoms with van der Waals surface area (Å²) in [5.74, 6) is -1.66. The first kappa shape index (κ1) is 18.6. The lowest BCUT2D eigenvalue weighted by Crippen LogP contribution is -2.37. The molecular formula is C22H21NO4. The third-order valence-electron chi connectivity index (χ3n) is 4.74. The molecule has 1 aliphatic carbocycles. The van der Waals surface area contributed by atoms with Gasteiger partial charge in [-0.05, 0) is 17.0 Å². The van der Waals surface area contributed by atoms with Gasteiger partial charge in [0.25, 0.3) is 0 Å². The lowest BCUT2D eigenvalue weighted by atomic mass is 9.80. The lowest BCUT2D eigenvalue weighted by Gasteiger charge is -2.23. The molecule has 0 amide bonds. The van der Waals surface area contributed by atoms with Crippen molar-refractivity contribution >= 4 is 17.5 Å². The molecule has 1 atom stereocenters. The smallest absolute Gasteiger partial charge is 0.326 e. The second-order valence-electron chi connectivity index (χ2n) is 6.67. The Morgan fingerprint density at radius 3 is 2.11 bits per heavy atom. The van der Waals surface area contributed by atoms with Gasteiger partial charge in [0, 0.05) is 25.5 Å². The van der Waals surface area contributed by atoms with Crippen LogP contribution in [0, 0.1) is 0 Å². The Balaban J connectivity index is 1.69. The average molecular weight is 363 g/mol. The highest BCUT2D eigenvalue weighted by molar-refractivity contribution is 6.22. The Labute approximate surface area is 157 Å². The van der Waals surface area contributed by atoms with Crippen LogP contribution in [0.5, 0.6) is 0 Å². The highest BCUT2D eigenvalue weighted by Gasteiger charge is 2.31. The summed E-state index contributed by atoms with van der Waals surface area (Å²) in [4.78, 5) is 36.4. The predicted molar refractivity (Wildman–Crippen MR) is 101 cm³/mol. The molecular weight excluding hydrogens is 342 g/mol. The first-order chi connectivity index (χ1) is 13.0. The number of carbonyl (C=O) groups is 3. The molecule has 0 saturated heterocycles. The van der Waals surface area contributed by atoms with Crippen LogP contribution in [-0.2, 0) is 20.8 Å². The lowest BCUT2D eigenvalue weighted by molar-refractivity contribution is -0.139. The number of hydrogen-bond acceptors (Lipinski definition) is 4. The molecule has 1 fully saturated rings. The summed E-state index contributed by atoms with van der Waals surface area (Å²) in [5.41, 5.74) is 1.89. The van der Waals surface area contributed by atoms with Gasteiger partial charge in [0.1, 0.15) is 6.04 Å². The van der Waals surface area contributed by atoms with E-state index in [0.29, 0.717) is 0 Å². The van der Waals surface area contributed by atoms with Gasteiger partial charge in [-0.3, -0.25) is 9.59 Å². The fourth-order valence-corrected chi connectivity index (χ4v) is 3.27. The van der Waals surface area contributed by atoms with E-state index in [1.54, 1.807) is 0 Å². The summed E-state index contributed by atoms with van der Waals surface area (Å²) in [6, 6.07) is 17.8. The molecule has 0 spiro atoms. The monoisotopic (exact) mass is 363 g/mol. The van der Waals surface area contributed by atoms with Crippen LogP contribution in [-0.4, -0.2) is 28.7 Å². The molecule has 5 heteroatoms. The van der Waals surface area contributed by atoms with E-state index in [1.807, 2.05) is 60.7 Å². The van der Waals surface area contributed by atoms with Gasteiger partial charge < -0.3 is 10.4 Å². The number of carboxylic acid groups (broad SMARTS) is 1. The Hall–Kier alpha value is -3.21. The summed E-state index contributed by atoms with van der Waals surface area (Å²) >= 11 is 0. The molecule has 3 rings (SSSR count). The zero-order valence-corrected chi connectivity index (χ0v) is 14.8. The summed E-state index contributed by atoms with van der Waals surface area (Å²) in [6.07, 6.45) is 2.04. The molecule has 0 heterocycles. The second-order valence-corrected chi connectivity index (χ2v) is 6.67. The number of hydrogen-bond donors (Lipinski definition) is 2. The number of carbonyl (C=O) groups excluding carboxylic acids is 2. The molecule has 5 nitrogen and oxygen atoms in total. The van der Waals surface area contributed by atoms with Crippen LogP contribution in [0.15, 0.2) is 72.4 Å². The zero-order chi connectivity index (χ0) is 19.2. The van der Waals surface area contributed by atoms with Crippen molar-refractivity contribution in [2.45, 2.75) is 31.2 Å². The Morgan fingerprint density at radius 1 is 1.00 bits per heavy atom. The summed E-state index contributed by atoms with van der Waals surface area (Å²) in [5, 5.41) is 12.2. The molecule has 1 saturated carbocycles. The van der Waals surface area contributed by atoms with Crippen molar-refractivity contribution in [1.82, 2.24) is 5.32 Å². The number of ketones is 2. The first-order valence-electron chi connectivity index (χ1n) is 8.89. The van der Waals surface area contributed by atoms with E-state index in [4.69, 9.17) is 0 Å². The van der Waals surface area contributed by atoms with Gasteiger partial charge in [-0.1, -0.05) is 60.7 Å². The van der Waals surface area contributed by atoms with Gasteiger partial charge in [0.2, 0.25) is 0 Å². The van der Waals surface area contributed by atoms with Crippen LogP contribution in [0.25, 0.3) is 0 Å². The quantitative estimate of drug-likeness (QED) is 0.609. The van der Waals surface area contributed by atoms with Crippen LogP contribution in [0.2, 0.25) is 0 Å². The minimum atomic E-state index is -1.03. The highest BCUT2D eigenvalue weighted by atomic mass is 16.4. The average Bonchev–Trinajstić information content (AvgIpc) is 2.67. The largest absolute Gasteiger partial charge is 0.480 e. The van der Waals surface area contributed by atoms with Crippen LogP contribution < -0.4 is 5.32 Å². The maximum Gasteiger partial charge on any atom is 0.326 e. The van der Waals surface area contributed by atoms with Crippen LogP contribution in [0.4, 0.5) is 0 Å². The van der Waals surface area contributed by atoms with Crippen molar-refractivity contribution < 1.29 is 19.5 Å². The molecule has 2 aromatic rings. The number of carboxylic acids is 1. The third kappa shape index (κ3) is 4.70. The number of allylic oxidation sites excluding steroid dienone is 1. The zero-order valence-electron chi connectivity index (χ0n) is 14.8. The molecule has 0 radical (unpaired) electrons. The summed E-state index contributed by atoms with van der Waals surface area (Å²) < 4.78 is 0. The Morgan fingerprint density at radius 2 is 1.56 bits per heavy atom. The maximum absolute atomic E-state index is 12.5. The Bertz CT molecular complexity index is 838. The number of nitrogens with one attached hydrogen (secondary N) is 1. The van der Waals surface area contributed by atoms with Crippen molar-refractivity contribution in [2.75, 3.05) is 0 Å². The number of Topliss-reactive ketones (excluding diaryl/α,β-unsaturated/α-hetero) is 2. The van der Waals surface area contributed by atoms with E-state index in [0.717, 1.165) is 11.1 Å². The maximum atomic E-state index is 12.5.